The van der Waals surface area contributed by atoms with Gasteiger partial charge in [-0.3, -0.25) is 0 Å². The normalized spacial score (nSPS) is 10.8. The van der Waals surface area contributed by atoms with Crippen LogP contribution >= 0.6 is 11.8 Å². The van der Waals surface area contributed by atoms with Crippen LogP contribution in [0.15, 0.2) is 52.3 Å². The van der Waals surface area contributed by atoms with Crippen molar-refractivity contribution in [1.82, 2.24) is 5.32 Å². The van der Waals surface area contributed by atoms with E-state index in [-0.39, 0.29) is 11.6 Å². The molecule has 106 valence electrons. The van der Waals surface area contributed by atoms with Gasteiger partial charge in [0, 0.05) is 16.3 Å². The van der Waals surface area contributed by atoms with Gasteiger partial charge in [-0.05, 0) is 54.9 Å². The van der Waals surface area contributed by atoms with Gasteiger partial charge in [0.1, 0.15) is 11.6 Å². The van der Waals surface area contributed by atoms with Crippen LogP contribution in [0.2, 0.25) is 0 Å². The van der Waals surface area contributed by atoms with Gasteiger partial charge in [0.2, 0.25) is 0 Å². The van der Waals surface area contributed by atoms with E-state index < -0.39 is 0 Å². The molecule has 1 N–H and O–H groups in total. The fourth-order valence-corrected chi connectivity index (χ4v) is 2.83. The monoisotopic (exact) mass is 293 g/mol. The number of hydrogen-bond acceptors (Lipinski definition) is 2. The molecule has 2 rings (SSSR count). The van der Waals surface area contributed by atoms with Crippen molar-refractivity contribution in [2.45, 2.75) is 29.7 Å². The van der Waals surface area contributed by atoms with E-state index >= 15 is 0 Å². The van der Waals surface area contributed by atoms with E-state index in [1.807, 2.05) is 12.1 Å². The number of benzene rings is 2. The van der Waals surface area contributed by atoms with E-state index in [4.69, 9.17) is 0 Å². The van der Waals surface area contributed by atoms with Crippen molar-refractivity contribution in [3.63, 3.8) is 0 Å². The van der Waals surface area contributed by atoms with Gasteiger partial charge >= 0.3 is 0 Å². The summed E-state index contributed by atoms with van der Waals surface area (Å²) in [5, 5.41) is 3.24. The first-order valence-corrected chi connectivity index (χ1v) is 7.42. The zero-order valence-electron chi connectivity index (χ0n) is 11.3. The lowest BCUT2D eigenvalue weighted by Gasteiger charge is -2.07. The quantitative estimate of drug-likeness (QED) is 0.780. The Morgan fingerprint density at radius 2 is 1.80 bits per heavy atom. The lowest BCUT2D eigenvalue weighted by molar-refractivity contribution is 0.615. The van der Waals surface area contributed by atoms with Crippen LogP contribution < -0.4 is 5.32 Å². The summed E-state index contributed by atoms with van der Waals surface area (Å²) in [4.78, 5) is 1.55. The largest absolute Gasteiger partial charge is 0.313 e. The fourth-order valence-electron chi connectivity index (χ4n) is 1.86. The van der Waals surface area contributed by atoms with Gasteiger partial charge in [0.05, 0.1) is 0 Å². The van der Waals surface area contributed by atoms with Crippen molar-refractivity contribution < 1.29 is 8.78 Å². The zero-order chi connectivity index (χ0) is 14.4. The SMILES string of the molecule is CCCNCc1cc(F)cc(Sc2cccc(F)c2)c1. The minimum Gasteiger partial charge on any atom is -0.313 e. The maximum atomic E-state index is 13.6. The smallest absolute Gasteiger partial charge is 0.124 e. The van der Waals surface area contributed by atoms with Gasteiger partial charge < -0.3 is 5.32 Å². The molecule has 4 heteroatoms. The Morgan fingerprint density at radius 3 is 2.55 bits per heavy atom. The molecule has 0 aliphatic rings. The lowest BCUT2D eigenvalue weighted by Crippen LogP contribution is -2.13. The molecule has 0 aliphatic heterocycles. The van der Waals surface area contributed by atoms with Gasteiger partial charge in [-0.15, -0.1) is 0 Å². The van der Waals surface area contributed by atoms with Crippen LogP contribution in [0.3, 0.4) is 0 Å². The van der Waals surface area contributed by atoms with Gasteiger partial charge in [-0.2, -0.15) is 0 Å². The van der Waals surface area contributed by atoms with Gasteiger partial charge in [-0.1, -0.05) is 24.8 Å². The second-order valence-electron chi connectivity index (χ2n) is 4.53. The summed E-state index contributed by atoms with van der Waals surface area (Å²) < 4.78 is 26.7. The van der Waals surface area contributed by atoms with E-state index in [9.17, 15) is 8.78 Å². The Hall–Kier alpha value is -1.39. The molecular formula is C16H17F2NS. The van der Waals surface area contributed by atoms with Gasteiger partial charge in [0.25, 0.3) is 0 Å². The minimum absolute atomic E-state index is 0.264. The summed E-state index contributed by atoms with van der Waals surface area (Å²) in [5.74, 6) is -0.545. The molecule has 0 unspecified atom stereocenters. The third-order valence-corrected chi connectivity index (χ3v) is 3.68. The highest BCUT2D eigenvalue weighted by molar-refractivity contribution is 7.99. The molecule has 0 aliphatic carbocycles. The molecule has 0 spiro atoms. The van der Waals surface area contributed by atoms with E-state index in [2.05, 4.69) is 12.2 Å². The summed E-state index contributed by atoms with van der Waals surface area (Å²) in [7, 11) is 0. The summed E-state index contributed by atoms with van der Waals surface area (Å²) in [6.07, 6.45) is 1.04. The summed E-state index contributed by atoms with van der Waals surface area (Å²) in [6.45, 7) is 3.63. The Balaban J connectivity index is 2.11. The second-order valence-corrected chi connectivity index (χ2v) is 5.68. The Labute approximate surface area is 122 Å². The highest BCUT2D eigenvalue weighted by Gasteiger charge is 2.04. The molecule has 0 atom stereocenters. The third kappa shape index (κ3) is 4.62. The van der Waals surface area contributed by atoms with Gasteiger partial charge in [-0.25, -0.2) is 8.78 Å². The highest BCUT2D eigenvalue weighted by atomic mass is 32.2. The van der Waals surface area contributed by atoms with Crippen LogP contribution in [0, 0.1) is 11.6 Å². The first-order chi connectivity index (χ1) is 9.67. The van der Waals surface area contributed by atoms with Crippen LogP contribution in [0.1, 0.15) is 18.9 Å². The fraction of sp³-hybridized carbons (Fsp3) is 0.250. The second kappa shape index (κ2) is 7.41. The molecular weight excluding hydrogens is 276 g/mol. The van der Waals surface area contributed by atoms with Crippen LogP contribution in [-0.2, 0) is 6.54 Å². The molecule has 0 bridgehead atoms. The molecule has 1 nitrogen and oxygen atoms in total. The van der Waals surface area contributed by atoms with Crippen molar-refractivity contribution >= 4 is 11.8 Å². The Bertz CT molecular complexity index is 572. The molecule has 0 saturated carbocycles. The van der Waals surface area contributed by atoms with E-state index in [0.717, 1.165) is 28.3 Å². The average molecular weight is 293 g/mol. The molecule has 2 aromatic carbocycles. The molecule has 2 aromatic rings. The van der Waals surface area contributed by atoms with Crippen molar-refractivity contribution in [3.8, 4) is 0 Å². The number of rotatable bonds is 6. The summed E-state index contributed by atoms with van der Waals surface area (Å²) in [6, 6.07) is 11.2. The lowest BCUT2D eigenvalue weighted by atomic mass is 10.2. The van der Waals surface area contributed by atoms with Crippen LogP contribution in [-0.4, -0.2) is 6.54 Å². The van der Waals surface area contributed by atoms with Crippen LogP contribution in [0.25, 0.3) is 0 Å². The van der Waals surface area contributed by atoms with Crippen LogP contribution in [0.4, 0.5) is 8.78 Å². The molecule has 0 aromatic heterocycles. The number of nitrogens with one attached hydrogen (secondary N) is 1. The molecule has 0 radical (unpaired) electrons. The third-order valence-electron chi connectivity index (χ3n) is 2.72. The van der Waals surface area contributed by atoms with E-state index in [1.54, 1.807) is 6.07 Å². The molecule has 0 amide bonds. The Kier molecular flexibility index (Phi) is 5.56. The van der Waals surface area contributed by atoms with Gasteiger partial charge in [0.15, 0.2) is 0 Å². The number of halogens is 2. The Morgan fingerprint density at radius 1 is 1.00 bits per heavy atom. The summed E-state index contributed by atoms with van der Waals surface area (Å²) in [5.41, 5.74) is 0.900. The number of hydrogen-bond donors (Lipinski definition) is 1. The van der Waals surface area contributed by atoms with Crippen molar-refractivity contribution in [2.24, 2.45) is 0 Å². The molecule has 20 heavy (non-hydrogen) atoms. The molecule has 0 saturated heterocycles. The van der Waals surface area contributed by atoms with Crippen molar-refractivity contribution in [1.29, 1.82) is 0 Å². The first-order valence-electron chi connectivity index (χ1n) is 6.61. The zero-order valence-corrected chi connectivity index (χ0v) is 12.1. The standard InChI is InChI=1S/C16H17F2NS/c1-2-6-19-11-12-7-14(18)10-16(8-12)20-15-5-3-4-13(17)9-15/h3-5,7-10,19H,2,6,11H2,1H3. The van der Waals surface area contributed by atoms with Crippen molar-refractivity contribution in [2.75, 3.05) is 6.54 Å². The maximum Gasteiger partial charge on any atom is 0.124 e. The molecule has 0 fully saturated rings. The average Bonchev–Trinajstić information content (AvgIpc) is 2.38. The topological polar surface area (TPSA) is 12.0 Å². The predicted octanol–water partition coefficient (Wildman–Crippen LogP) is 4.62. The first kappa shape index (κ1) is 15.0. The highest BCUT2D eigenvalue weighted by Crippen LogP contribution is 2.29. The molecule has 0 heterocycles. The summed E-state index contributed by atoms with van der Waals surface area (Å²) >= 11 is 1.36. The van der Waals surface area contributed by atoms with E-state index in [1.165, 1.54) is 36.0 Å². The van der Waals surface area contributed by atoms with Crippen LogP contribution in [0.5, 0.6) is 0 Å². The maximum absolute atomic E-state index is 13.6. The van der Waals surface area contributed by atoms with E-state index in [0.29, 0.717) is 6.54 Å². The predicted molar refractivity (Wildman–Crippen MR) is 78.9 cm³/mol. The van der Waals surface area contributed by atoms with Crippen molar-refractivity contribution in [3.05, 3.63) is 59.7 Å². The minimum atomic E-state index is -0.281.